The van der Waals surface area contributed by atoms with Gasteiger partial charge in [0.2, 0.25) is 0 Å². The molecule has 4 nitrogen and oxygen atoms in total. The smallest absolute Gasteiger partial charge is 0.417 e. The molecule has 1 aromatic carbocycles. The summed E-state index contributed by atoms with van der Waals surface area (Å²) in [4.78, 5) is 23.8. The van der Waals surface area contributed by atoms with E-state index < -0.39 is 27.9 Å². The lowest BCUT2D eigenvalue weighted by Crippen LogP contribution is -2.24. The fraction of sp³-hybridized carbons (Fsp3) is 0.125. The van der Waals surface area contributed by atoms with Gasteiger partial charge in [-0.05, 0) is 29.8 Å². The Bertz CT molecular complexity index is 1090. The Kier molecular flexibility index (Phi) is 4.51. The first kappa shape index (κ1) is 17.8. The van der Waals surface area contributed by atoms with E-state index >= 15 is 0 Å². The zero-order valence-electron chi connectivity index (χ0n) is 12.2. The van der Waals surface area contributed by atoms with Gasteiger partial charge < -0.3 is 8.98 Å². The average Bonchev–Trinajstić information content (AvgIpc) is 2.49. The Morgan fingerprint density at radius 1 is 1.16 bits per heavy atom. The van der Waals surface area contributed by atoms with Crippen molar-refractivity contribution in [2.45, 2.75) is 12.7 Å². The monoisotopic (exact) mass is 433 g/mol. The first-order valence-electron chi connectivity index (χ1n) is 6.84. The van der Waals surface area contributed by atoms with Crippen molar-refractivity contribution in [1.29, 1.82) is 0 Å². The lowest BCUT2D eigenvalue weighted by Gasteiger charge is -2.13. The predicted octanol–water partition coefficient (Wildman–Crippen LogP) is 4.44. The van der Waals surface area contributed by atoms with Crippen LogP contribution < -0.4 is 11.2 Å². The van der Waals surface area contributed by atoms with Crippen molar-refractivity contribution in [3.05, 3.63) is 77.9 Å². The van der Waals surface area contributed by atoms with Gasteiger partial charge >= 0.3 is 11.8 Å². The number of aromatic nitrogens is 1. The van der Waals surface area contributed by atoms with E-state index in [9.17, 15) is 22.8 Å². The molecule has 0 aliphatic heterocycles. The van der Waals surface area contributed by atoms with Gasteiger partial charge in [0.15, 0.2) is 0 Å². The molecule has 0 aliphatic rings. The van der Waals surface area contributed by atoms with Crippen LogP contribution in [0, 0.1) is 0 Å². The maximum atomic E-state index is 12.9. The molecule has 0 atom stereocenters. The van der Waals surface area contributed by atoms with Crippen LogP contribution in [0.2, 0.25) is 5.02 Å². The van der Waals surface area contributed by atoms with Crippen LogP contribution in [0.1, 0.15) is 11.1 Å². The van der Waals surface area contributed by atoms with Gasteiger partial charge in [0, 0.05) is 22.1 Å². The number of benzene rings is 1. The lowest BCUT2D eigenvalue weighted by atomic mass is 10.1. The molecule has 0 saturated carbocycles. The maximum Gasteiger partial charge on any atom is 0.417 e. The first-order chi connectivity index (χ1) is 11.6. The van der Waals surface area contributed by atoms with Crippen molar-refractivity contribution in [2.24, 2.45) is 0 Å². The minimum absolute atomic E-state index is 0.253. The minimum Gasteiger partial charge on any atom is -0.423 e. The summed E-state index contributed by atoms with van der Waals surface area (Å²) in [5.41, 5.74) is -1.91. The Morgan fingerprint density at radius 2 is 1.88 bits per heavy atom. The molecule has 9 heteroatoms. The number of fused-ring (bicyclic) bond motifs is 1. The van der Waals surface area contributed by atoms with E-state index in [2.05, 4.69) is 15.9 Å². The van der Waals surface area contributed by atoms with Crippen molar-refractivity contribution in [1.82, 2.24) is 4.57 Å². The number of halogens is 5. The Morgan fingerprint density at radius 3 is 2.56 bits per heavy atom. The molecule has 25 heavy (non-hydrogen) atoms. The molecule has 0 saturated heterocycles. The maximum absolute atomic E-state index is 12.9. The molecule has 0 spiro atoms. The summed E-state index contributed by atoms with van der Waals surface area (Å²) in [5, 5.41) is -0.0481. The number of alkyl halides is 3. The van der Waals surface area contributed by atoms with Crippen molar-refractivity contribution in [3.63, 3.8) is 0 Å². The van der Waals surface area contributed by atoms with Gasteiger partial charge in [-0.1, -0.05) is 27.5 Å². The second-order valence-corrected chi connectivity index (χ2v) is 6.56. The van der Waals surface area contributed by atoms with Crippen LogP contribution in [0.25, 0.3) is 11.0 Å². The minimum atomic E-state index is -4.65. The van der Waals surface area contributed by atoms with Crippen LogP contribution in [0.4, 0.5) is 13.2 Å². The SMILES string of the molecule is O=c1cc(Cn2cc(C(F)(F)F)cc(Cl)c2=O)c2ccc(Br)cc2o1. The van der Waals surface area contributed by atoms with E-state index in [0.717, 1.165) is 10.6 Å². The Balaban J connectivity index is 2.18. The van der Waals surface area contributed by atoms with E-state index in [1.165, 1.54) is 0 Å². The number of nitrogens with zero attached hydrogens (tertiary/aromatic N) is 1. The highest BCUT2D eigenvalue weighted by atomic mass is 79.9. The van der Waals surface area contributed by atoms with Crippen molar-refractivity contribution < 1.29 is 17.6 Å². The third-order valence-electron chi connectivity index (χ3n) is 3.50. The topological polar surface area (TPSA) is 52.2 Å². The third kappa shape index (κ3) is 3.64. The highest BCUT2D eigenvalue weighted by Gasteiger charge is 2.32. The summed E-state index contributed by atoms with van der Waals surface area (Å²) in [5.74, 6) is 0. The second-order valence-electron chi connectivity index (χ2n) is 5.24. The van der Waals surface area contributed by atoms with Crippen molar-refractivity contribution >= 4 is 38.5 Å². The van der Waals surface area contributed by atoms with Crippen LogP contribution in [0.15, 0.2) is 55.0 Å². The highest BCUT2D eigenvalue weighted by Crippen LogP contribution is 2.30. The zero-order valence-corrected chi connectivity index (χ0v) is 14.6. The molecular weight excluding hydrogens is 427 g/mol. The molecule has 3 aromatic rings. The van der Waals surface area contributed by atoms with Crippen molar-refractivity contribution in [3.8, 4) is 0 Å². The van der Waals surface area contributed by atoms with Crippen molar-refractivity contribution in [2.75, 3.05) is 0 Å². The van der Waals surface area contributed by atoms with E-state index in [0.29, 0.717) is 27.7 Å². The van der Waals surface area contributed by atoms with Crippen LogP contribution in [0.3, 0.4) is 0 Å². The summed E-state index contributed by atoms with van der Waals surface area (Å²) in [6, 6.07) is 6.60. The first-order valence-corrected chi connectivity index (χ1v) is 8.02. The van der Waals surface area contributed by atoms with Gasteiger partial charge in [-0.2, -0.15) is 13.2 Å². The largest absolute Gasteiger partial charge is 0.423 e. The third-order valence-corrected chi connectivity index (χ3v) is 4.27. The molecule has 0 amide bonds. The van der Waals surface area contributed by atoms with Gasteiger partial charge in [0.1, 0.15) is 10.6 Å². The molecule has 3 rings (SSSR count). The molecule has 0 N–H and O–H groups in total. The summed E-state index contributed by atoms with van der Waals surface area (Å²) >= 11 is 8.88. The molecule has 2 aromatic heterocycles. The predicted molar refractivity (Wildman–Crippen MR) is 90.0 cm³/mol. The van der Waals surface area contributed by atoms with Gasteiger partial charge in [0.05, 0.1) is 12.1 Å². The van der Waals surface area contributed by atoms with Gasteiger partial charge in [0.25, 0.3) is 5.56 Å². The van der Waals surface area contributed by atoms with Gasteiger partial charge in [-0.15, -0.1) is 0 Å². The summed E-state index contributed by atoms with van der Waals surface area (Å²) in [6.45, 7) is -0.258. The zero-order chi connectivity index (χ0) is 18.4. The average molecular weight is 435 g/mol. The molecular formula is C16H8BrClF3NO3. The Labute approximate surface area is 151 Å². The van der Waals surface area contributed by atoms with E-state index in [-0.39, 0.29) is 12.1 Å². The number of hydrogen-bond donors (Lipinski definition) is 0. The molecule has 2 heterocycles. The standard InChI is InChI=1S/C16H8BrClF3NO3/c17-10-1-2-11-8(3-14(23)25-13(11)5-10)6-22-7-9(16(19,20)21)4-12(18)15(22)24/h1-5,7H,6H2. The normalized spacial score (nSPS) is 11.9. The number of rotatable bonds is 2. The van der Waals surface area contributed by atoms with E-state index in [1.54, 1.807) is 18.2 Å². The molecule has 0 radical (unpaired) electrons. The van der Waals surface area contributed by atoms with E-state index in [4.69, 9.17) is 16.0 Å². The second kappa shape index (κ2) is 6.34. The summed E-state index contributed by atoms with van der Waals surface area (Å²) in [6.07, 6.45) is -3.98. The fourth-order valence-electron chi connectivity index (χ4n) is 2.39. The molecule has 0 aliphatic carbocycles. The summed E-state index contributed by atoms with van der Waals surface area (Å²) < 4.78 is 45.4. The summed E-state index contributed by atoms with van der Waals surface area (Å²) in [7, 11) is 0. The van der Waals surface area contributed by atoms with Crippen LogP contribution in [-0.4, -0.2) is 4.57 Å². The molecule has 0 fully saturated rings. The molecule has 130 valence electrons. The number of pyridine rings is 1. The lowest BCUT2D eigenvalue weighted by molar-refractivity contribution is -0.138. The fourth-order valence-corrected chi connectivity index (χ4v) is 2.96. The van der Waals surface area contributed by atoms with Gasteiger partial charge in [-0.25, -0.2) is 4.79 Å². The number of hydrogen-bond acceptors (Lipinski definition) is 3. The van der Waals surface area contributed by atoms with Crippen LogP contribution in [0.5, 0.6) is 0 Å². The van der Waals surface area contributed by atoms with Crippen LogP contribution in [-0.2, 0) is 12.7 Å². The van der Waals surface area contributed by atoms with Crippen LogP contribution >= 0.6 is 27.5 Å². The highest BCUT2D eigenvalue weighted by molar-refractivity contribution is 9.10. The quantitative estimate of drug-likeness (QED) is 0.561. The molecule has 0 bridgehead atoms. The molecule has 0 unspecified atom stereocenters. The van der Waals surface area contributed by atoms with Gasteiger partial charge in [-0.3, -0.25) is 4.79 Å². The Hall–Kier alpha value is -2.06. The van der Waals surface area contributed by atoms with E-state index in [1.807, 2.05) is 0 Å².